The number of hydrogen-bond donors (Lipinski definition) is 2. The summed E-state index contributed by atoms with van der Waals surface area (Å²) in [6.07, 6.45) is 2.90. The number of aryl methyl sites for hydroxylation is 1. The number of aromatic nitrogens is 2. The SMILES string of the molecule is O=C(NNc1ncnc(N2CCCc3ccccc32)c1[N+](=O)[O-])c1ccc(F)cc1. The number of para-hydroxylation sites is 1. The Balaban J connectivity index is 1.64. The van der Waals surface area contributed by atoms with Crippen molar-refractivity contribution in [3.8, 4) is 0 Å². The topological polar surface area (TPSA) is 113 Å². The molecule has 4 rings (SSSR count). The van der Waals surface area contributed by atoms with Crippen molar-refractivity contribution in [2.45, 2.75) is 12.8 Å². The van der Waals surface area contributed by atoms with Crippen molar-refractivity contribution in [3.05, 3.63) is 81.9 Å². The molecule has 0 atom stereocenters. The lowest BCUT2D eigenvalue weighted by atomic mass is 10.0. The van der Waals surface area contributed by atoms with Crippen LogP contribution in [-0.2, 0) is 6.42 Å². The Kier molecular flexibility index (Phi) is 5.21. The molecule has 1 aliphatic heterocycles. The van der Waals surface area contributed by atoms with E-state index in [-0.39, 0.29) is 22.9 Å². The van der Waals surface area contributed by atoms with Gasteiger partial charge in [0.05, 0.1) is 4.92 Å². The minimum Gasteiger partial charge on any atom is -0.320 e. The van der Waals surface area contributed by atoms with E-state index in [0.29, 0.717) is 6.54 Å². The summed E-state index contributed by atoms with van der Waals surface area (Å²) in [6.45, 7) is 0.566. The van der Waals surface area contributed by atoms with E-state index >= 15 is 0 Å². The van der Waals surface area contributed by atoms with Crippen LogP contribution in [0.25, 0.3) is 0 Å². The number of nitrogens with zero attached hydrogens (tertiary/aromatic N) is 4. The number of benzene rings is 2. The molecular weight excluding hydrogens is 391 g/mol. The van der Waals surface area contributed by atoms with Crippen LogP contribution >= 0.6 is 0 Å². The summed E-state index contributed by atoms with van der Waals surface area (Å²) in [6, 6.07) is 12.6. The summed E-state index contributed by atoms with van der Waals surface area (Å²) in [5.74, 6) is -1.07. The maximum absolute atomic E-state index is 13.0. The predicted octanol–water partition coefficient (Wildman–Crippen LogP) is 3.37. The first kappa shape index (κ1) is 19.2. The fraction of sp³-hybridized carbons (Fsp3) is 0.150. The maximum atomic E-state index is 13.0. The van der Waals surface area contributed by atoms with E-state index < -0.39 is 16.6 Å². The molecule has 0 radical (unpaired) electrons. The molecule has 1 amide bonds. The van der Waals surface area contributed by atoms with E-state index in [4.69, 9.17) is 0 Å². The number of hydrazine groups is 1. The molecule has 2 heterocycles. The maximum Gasteiger partial charge on any atom is 0.355 e. The number of rotatable bonds is 5. The second-order valence-electron chi connectivity index (χ2n) is 6.62. The number of halogens is 1. The Hall–Kier alpha value is -4.08. The fourth-order valence-corrected chi connectivity index (χ4v) is 3.37. The van der Waals surface area contributed by atoms with Gasteiger partial charge in [0, 0.05) is 17.8 Å². The number of nitrogens with one attached hydrogen (secondary N) is 2. The van der Waals surface area contributed by atoms with E-state index in [2.05, 4.69) is 20.8 Å². The standard InChI is InChI=1S/C20H17FN6O3/c21-15-9-7-14(8-10-15)20(28)25-24-18-17(27(29)30)19(23-12-22-18)26-11-3-5-13-4-1-2-6-16(13)26/h1-2,4,6-10,12H,3,5,11H2,(H,25,28)(H,22,23,24). The van der Waals surface area contributed by atoms with Crippen molar-refractivity contribution in [1.82, 2.24) is 15.4 Å². The van der Waals surface area contributed by atoms with E-state index in [0.717, 1.165) is 36.2 Å². The molecule has 0 aliphatic carbocycles. The highest BCUT2D eigenvalue weighted by molar-refractivity contribution is 5.95. The van der Waals surface area contributed by atoms with Gasteiger partial charge in [0.25, 0.3) is 5.91 Å². The van der Waals surface area contributed by atoms with Gasteiger partial charge in [-0.2, -0.15) is 0 Å². The average Bonchev–Trinajstić information content (AvgIpc) is 2.77. The van der Waals surface area contributed by atoms with Crippen molar-refractivity contribution in [1.29, 1.82) is 0 Å². The smallest absolute Gasteiger partial charge is 0.320 e. The molecule has 1 aliphatic rings. The molecule has 152 valence electrons. The summed E-state index contributed by atoms with van der Waals surface area (Å²) in [4.78, 5) is 33.4. The van der Waals surface area contributed by atoms with Crippen LogP contribution in [0.3, 0.4) is 0 Å². The molecule has 9 nitrogen and oxygen atoms in total. The molecule has 0 fully saturated rings. The molecule has 0 saturated carbocycles. The number of fused-ring (bicyclic) bond motifs is 1. The summed E-state index contributed by atoms with van der Waals surface area (Å²) in [5, 5.41) is 11.9. The van der Waals surface area contributed by atoms with Crippen molar-refractivity contribution in [2.75, 3.05) is 16.9 Å². The van der Waals surface area contributed by atoms with Crippen molar-refractivity contribution in [3.63, 3.8) is 0 Å². The second kappa shape index (κ2) is 8.11. The first-order valence-corrected chi connectivity index (χ1v) is 9.21. The number of nitro groups is 1. The number of anilines is 3. The van der Waals surface area contributed by atoms with Gasteiger partial charge >= 0.3 is 5.69 Å². The molecule has 0 unspecified atom stereocenters. The van der Waals surface area contributed by atoms with Gasteiger partial charge in [-0.25, -0.2) is 14.4 Å². The Morgan fingerprint density at radius 3 is 2.67 bits per heavy atom. The van der Waals surface area contributed by atoms with E-state index in [1.807, 2.05) is 24.3 Å². The van der Waals surface area contributed by atoms with Gasteiger partial charge < -0.3 is 4.90 Å². The van der Waals surface area contributed by atoms with Gasteiger partial charge in [0.15, 0.2) is 0 Å². The van der Waals surface area contributed by atoms with Gasteiger partial charge in [-0.1, -0.05) is 18.2 Å². The Labute approximate surface area is 170 Å². The highest BCUT2D eigenvalue weighted by Gasteiger charge is 2.30. The third kappa shape index (κ3) is 3.75. The minimum atomic E-state index is -0.590. The van der Waals surface area contributed by atoms with Gasteiger partial charge in [0.2, 0.25) is 11.6 Å². The van der Waals surface area contributed by atoms with Crippen LogP contribution in [0, 0.1) is 15.9 Å². The molecule has 0 saturated heterocycles. The van der Waals surface area contributed by atoms with Gasteiger partial charge in [0.1, 0.15) is 12.1 Å². The van der Waals surface area contributed by atoms with Crippen LogP contribution in [-0.4, -0.2) is 27.3 Å². The zero-order valence-corrected chi connectivity index (χ0v) is 15.7. The zero-order chi connectivity index (χ0) is 21.1. The van der Waals surface area contributed by atoms with Crippen LogP contribution in [0.2, 0.25) is 0 Å². The van der Waals surface area contributed by atoms with Crippen molar-refractivity contribution in [2.24, 2.45) is 0 Å². The molecule has 1 aromatic heterocycles. The van der Waals surface area contributed by atoms with E-state index in [1.54, 1.807) is 4.90 Å². The molecule has 30 heavy (non-hydrogen) atoms. The van der Waals surface area contributed by atoms with Crippen LogP contribution < -0.4 is 15.8 Å². The van der Waals surface area contributed by atoms with E-state index in [1.165, 1.54) is 18.5 Å². The molecule has 3 aromatic rings. The fourth-order valence-electron chi connectivity index (χ4n) is 3.37. The number of carbonyl (C=O) groups is 1. The summed E-state index contributed by atoms with van der Waals surface area (Å²) >= 11 is 0. The molecule has 0 bridgehead atoms. The zero-order valence-electron chi connectivity index (χ0n) is 15.7. The average molecular weight is 408 g/mol. The number of carbonyl (C=O) groups excluding carboxylic acids is 1. The number of hydrogen-bond acceptors (Lipinski definition) is 7. The lowest BCUT2D eigenvalue weighted by Crippen LogP contribution is -2.31. The largest absolute Gasteiger partial charge is 0.355 e. The van der Waals surface area contributed by atoms with Gasteiger partial charge in [-0.05, 0) is 48.7 Å². The molecule has 2 aromatic carbocycles. The minimum absolute atomic E-state index is 0.140. The summed E-state index contributed by atoms with van der Waals surface area (Å²) < 4.78 is 13.0. The molecule has 0 spiro atoms. The second-order valence-corrected chi connectivity index (χ2v) is 6.62. The summed E-state index contributed by atoms with van der Waals surface area (Å²) in [7, 11) is 0. The third-order valence-electron chi connectivity index (χ3n) is 4.75. The third-order valence-corrected chi connectivity index (χ3v) is 4.75. The Morgan fingerprint density at radius 2 is 1.90 bits per heavy atom. The highest BCUT2D eigenvalue weighted by Crippen LogP contribution is 2.39. The first-order valence-electron chi connectivity index (χ1n) is 9.21. The number of amides is 1. The molecule has 10 heteroatoms. The van der Waals surface area contributed by atoms with Crippen LogP contribution in [0.15, 0.2) is 54.9 Å². The predicted molar refractivity (Wildman–Crippen MR) is 108 cm³/mol. The molecule has 2 N–H and O–H groups in total. The Bertz CT molecular complexity index is 1110. The van der Waals surface area contributed by atoms with Crippen LogP contribution in [0.5, 0.6) is 0 Å². The monoisotopic (exact) mass is 408 g/mol. The highest BCUT2D eigenvalue weighted by atomic mass is 19.1. The molecular formula is C20H17FN6O3. The lowest BCUT2D eigenvalue weighted by Gasteiger charge is -2.30. The normalized spacial score (nSPS) is 12.8. The van der Waals surface area contributed by atoms with Gasteiger partial charge in [-0.15, -0.1) is 0 Å². The van der Waals surface area contributed by atoms with Crippen molar-refractivity contribution < 1.29 is 14.1 Å². The first-order chi connectivity index (χ1) is 14.5. The van der Waals surface area contributed by atoms with Crippen LogP contribution in [0.4, 0.5) is 27.4 Å². The van der Waals surface area contributed by atoms with E-state index in [9.17, 15) is 19.3 Å². The van der Waals surface area contributed by atoms with Crippen LogP contribution in [0.1, 0.15) is 22.3 Å². The van der Waals surface area contributed by atoms with Crippen molar-refractivity contribution >= 4 is 28.9 Å². The van der Waals surface area contributed by atoms with Gasteiger partial charge in [-0.3, -0.25) is 25.8 Å². The quantitative estimate of drug-likeness (QED) is 0.491. The lowest BCUT2D eigenvalue weighted by molar-refractivity contribution is -0.383. The Morgan fingerprint density at radius 1 is 1.13 bits per heavy atom. The summed E-state index contributed by atoms with van der Waals surface area (Å²) in [5.41, 5.74) is 6.62.